The van der Waals surface area contributed by atoms with E-state index in [2.05, 4.69) is 0 Å². The first-order chi connectivity index (χ1) is 15.3. The summed E-state index contributed by atoms with van der Waals surface area (Å²) in [5, 5.41) is 0. The van der Waals surface area contributed by atoms with Gasteiger partial charge in [0.15, 0.2) is 0 Å². The molecular formula is C22H28F6O6. The summed E-state index contributed by atoms with van der Waals surface area (Å²) in [5.74, 6) is -4.06. The molecule has 0 aliphatic heterocycles. The topological polar surface area (TPSA) is 78.9 Å². The lowest BCUT2D eigenvalue weighted by Crippen LogP contribution is -2.69. The zero-order chi connectivity index (χ0) is 25.8. The van der Waals surface area contributed by atoms with E-state index in [-0.39, 0.29) is 44.4 Å². The Morgan fingerprint density at radius 1 is 0.735 bits per heavy atom. The molecule has 0 N–H and O–H groups in total. The quantitative estimate of drug-likeness (QED) is 0.272. The summed E-state index contributed by atoms with van der Waals surface area (Å²) in [6, 6.07) is 0. The molecule has 2 unspecified atom stereocenters. The highest BCUT2D eigenvalue weighted by Gasteiger charge is 2.69. The van der Waals surface area contributed by atoms with Crippen molar-refractivity contribution in [2.45, 2.75) is 108 Å². The molecule has 0 aromatic heterocycles. The van der Waals surface area contributed by atoms with E-state index in [1.807, 2.05) is 0 Å². The highest BCUT2D eigenvalue weighted by atomic mass is 19.4. The molecule has 34 heavy (non-hydrogen) atoms. The van der Waals surface area contributed by atoms with Crippen LogP contribution in [0, 0.1) is 11.3 Å². The van der Waals surface area contributed by atoms with Crippen molar-refractivity contribution in [3.8, 4) is 0 Å². The lowest BCUT2D eigenvalue weighted by Gasteiger charge is -2.64. The van der Waals surface area contributed by atoms with Gasteiger partial charge in [-0.2, -0.15) is 26.3 Å². The first-order valence-electron chi connectivity index (χ1n) is 11.1. The Morgan fingerprint density at radius 3 is 1.41 bits per heavy atom. The van der Waals surface area contributed by atoms with Gasteiger partial charge in [0.1, 0.15) is 29.6 Å². The van der Waals surface area contributed by atoms with Crippen LogP contribution in [0.5, 0.6) is 0 Å². The van der Waals surface area contributed by atoms with Gasteiger partial charge >= 0.3 is 30.3 Å². The number of carbonyl (C=O) groups excluding carboxylic acids is 3. The lowest BCUT2D eigenvalue weighted by molar-refractivity contribution is -0.278. The Morgan fingerprint density at radius 2 is 1.09 bits per heavy atom. The number of alkyl halides is 6. The van der Waals surface area contributed by atoms with E-state index in [4.69, 9.17) is 14.2 Å². The number of hydrogen-bond acceptors (Lipinski definition) is 6. The molecule has 194 valence electrons. The molecule has 4 aliphatic carbocycles. The van der Waals surface area contributed by atoms with Gasteiger partial charge in [-0.3, -0.25) is 14.4 Å². The third-order valence-corrected chi connectivity index (χ3v) is 7.01. The van der Waals surface area contributed by atoms with Gasteiger partial charge in [-0.25, -0.2) is 0 Å². The zero-order valence-corrected chi connectivity index (χ0v) is 19.2. The molecule has 4 rings (SSSR count). The highest BCUT2D eigenvalue weighted by Crippen LogP contribution is 2.63. The maximum Gasteiger partial charge on any atom is 0.399 e. The van der Waals surface area contributed by atoms with Gasteiger partial charge in [-0.05, 0) is 45.4 Å². The van der Waals surface area contributed by atoms with E-state index in [1.165, 1.54) is 0 Å². The van der Waals surface area contributed by atoms with E-state index in [1.54, 1.807) is 20.8 Å². The van der Waals surface area contributed by atoms with E-state index < -0.39 is 65.3 Å². The van der Waals surface area contributed by atoms with Crippen LogP contribution in [-0.4, -0.2) is 47.1 Å². The number of carbonyl (C=O) groups is 3. The average molecular weight is 502 g/mol. The Labute approximate surface area is 192 Å². The number of halogens is 6. The summed E-state index contributed by atoms with van der Waals surface area (Å²) < 4.78 is 92.9. The van der Waals surface area contributed by atoms with Crippen molar-refractivity contribution < 1.29 is 54.9 Å². The van der Waals surface area contributed by atoms with Crippen LogP contribution < -0.4 is 0 Å². The molecule has 6 nitrogen and oxygen atoms in total. The monoisotopic (exact) mass is 502 g/mol. The smallest absolute Gasteiger partial charge is 0.399 e. The van der Waals surface area contributed by atoms with Crippen molar-refractivity contribution in [3.63, 3.8) is 0 Å². The fourth-order valence-electron chi connectivity index (χ4n) is 5.88. The molecular weight excluding hydrogens is 474 g/mol. The molecule has 0 radical (unpaired) electrons. The van der Waals surface area contributed by atoms with Crippen LogP contribution in [0.4, 0.5) is 26.3 Å². The molecule has 0 heterocycles. The van der Waals surface area contributed by atoms with Crippen molar-refractivity contribution in [1.29, 1.82) is 0 Å². The van der Waals surface area contributed by atoms with Crippen LogP contribution in [0.25, 0.3) is 0 Å². The minimum Gasteiger partial charge on any atom is -0.458 e. The summed E-state index contributed by atoms with van der Waals surface area (Å²) in [6.45, 7) is 5.06. The van der Waals surface area contributed by atoms with Gasteiger partial charge in [0.25, 0.3) is 0 Å². The van der Waals surface area contributed by atoms with Gasteiger partial charge in [0.05, 0.1) is 5.41 Å². The first-order valence-corrected chi connectivity index (χ1v) is 11.1. The van der Waals surface area contributed by atoms with Crippen molar-refractivity contribution in [3.05, 3.63) is 0 Å². The van der Waals surface area contributed by atoms with E-state index >= 15 is 0 Å². The largest absolute Gasteiger partial charge is 0.458 e. The fourth-order valence-corrected chi connectivity index (χ4v) is 5.88. The Kier molecular flexibility index (Phi) is 6.48. The molecule has 0 aromatic carbocycles. The van der Waals surface area contributed by atoms with E-state index in [0.29, 0.717) is 6.42 Å². The van der Waals surface area contributed by atoms with Crippen LogP contribution in [-0.2, 0) is 28.6 Å². The maximum atomic E-state index is 12.9. The number of esters is 3. The Hall–Kier alpha value is -2.01. The van der Waals surface area contributed by atoms with Crippen molar-refractivity contribution in [2.75, 3.05) is 0 Å². The lowest BCUT2D eigenvalue weighted by atomic mass is 9.50. The van der Waals surface area contributed by atoms with Crippen molar-refractivity contribution in [1.82, 2.24) is 0 Å². The molecule has 4 fully saturated rings. The SMILES string of the molecule is CCC(C)(C)C(=O)OC12CC3CC(OC(=O)CC(F)(F)F)(CC(OC(=O)CC(F)(F)F)(C3)C1)C2. The van der Waals surface area contributed by atoms with Crippen LogP contribution >= 0.6 is 0 Å². The molecule has 0 aromatic rings. The Bertz CT molecular complexity index is 802. The molecule has 0 spiro atoms. The van der Waals surface area contributed by atoms with Gasteiger partial charge in [0, 0.05) is 19.3 Å². The summed E-state index contributed by atoms with van der Waals surface area (Å²) in [4.78, 5) is 37.0. The zero-order valence-electron chi connectivity index (χ0n) is 19.2. The molecule has 4 aliphatic rings. The second kappa shape index (κ2) is 8.29. The summed E-state index contributed by atoms with van der Waals surface area (Å²) in [5.41, 5.74) is -5.32. The minimum atomic E-state index is -4.81. The van der Waals surface area contributed by atoms with Gasteiger partial charge < -0.3 is 14.2 Å². The van der Waals surface area contributed by atoms with Crippen molar-refractivity contribution >= 4 is 17.9 Å². The third-order valence-electron chi connectivity index (χ3n) is 7.01. The summed E-state index contributed by atoms with van der Waals surface area (Å²) in [7, 11) is 0. The minimum absolute atomic E-state index is 0.107. The van der Waals surface area contributed by atoms with Crippen LogP contribution in [0.1, 0.15) is 78.6 Å². The first kappa shape index (κ1) is 26.6. The highest BCUT2D eigenvalue weighted by molar-refractivity contribution is 5.76. The molecule has 0 saturated heterocycles. The van der Waals surface area contributed by atoms with Crippen LogP contribution in [0.15, 0.2) is 0 Å². The normalized spacial score (nSPS) is 32.9. The van der Waals surface area contributed by atoms with Gasteiger partial charge in [0.2, 0.25) is 0 Å². The summed E-state index contributed by atoms with van der Waals surface area (Å²) in [6.07, 6.45) is -12.8. The maximum absolute atomic E-state index is 12.9. The predicted molar refractivity (Wildman–Crippen MR) is 103 cm³/mol. The third kappa shape index (κ3) is 5.97. The number of hydrogen-bond donors (Lipinski definition) is 0. The van der Waals surface area contributed by atoms with Crippen LogP contribution in [0.3, 0.4) is 0 Å². The molecule has 4 bridgehead atoms. The van der Waals surface area contributed by atoms with Crippen molar-refractivity contribution in [2.24, 2.45) is 11.3 Å². The summed E-state index contributed by atoms with van der Waals surface area (Å²) >= 11 is 0. The van der Waals surface area contributed by atoms with Crippen LogP contribution in [0.2, 0.25) is 0 Å². The molecule has 4 saturated carbocycles. The molecule has 0 amide bonds. The number of rotatable bonds is 7. The van der Waals surface area contributed by atoms with Gasteiger partial charge in [-0.15, -0.1) is 0 Å². The average Bonchev–Trinajstić information content (AvgIpc) is 2.55. The predicted octanol–water partition coefficient (Wildman–Crippen LogP) is 5.17. The number of ether oxygens (including phenoxy) is 3. The second-order valence-corrected chi connectivity index (χ2v) is 10.7. The van der Waals surface area contributed by atoms with E-state index in [9.17, 15) is 40.7 Å². The molecule has 2 atom stereocenters. The fraction of sp³-hybridized carbons (Fsp3) is 0.864. The van der Waals surface area contributed by atoms with E-state index in [0.717, 1.165) is 0 Å². The molecule has 12 heteroatoms. The Balaban J connectivity index is 1.92. The van der Waals surface area contributed by atoms with Gasteiger partial charge in [-0.1, -0.05) is 6.92 Å². The second-order valence-electron chi connectivity index (χ2n) is 10.7. The standard InChI is InChI=1S/C22H28F6O6/c1-4-17(2,3)16(31)34-20-7-13-5-18(11-20,32-14(29)8-21(23,24)25)10-19(6-13,12-20)33-15(30)9-22(26,27)28/h13H,4-12H2,1-3H3.